The van der Waals surface area contributed by atoms with E-state index in [1.54, 1.807) is 35.5 Å². The number of aromatic nitrogens is 2. The summed E-state index contributed by atoms with van der Waals surface area (Å²) in [4.78, 5) is 33.7. The fourth-order valence-electron chi connectivity index (χ4n) is 5.27. The summed E-state index contributed by atoms with van der Waals surface area (Å²) in [5, 5.41) is 3.01. The maximum absolute atomic E-state index is 15.1. The first kappa shape index (κ1) is 22.1. The molecule has 0 radical (unpaired) electrons. The molecule has 1 saturated carbocycles. The zero-order valence-electron chi connectivity index (χ0n) is 18.9. The van der Waals surface area contributed by atoms with E-state index in [0.717, 1.165) is 36.8 Å². The number of urea groups is 1. The molecule has 2 aromatic heterocycles. The molecule has 180 valence electrons. The number of nitrogens with one attached hydrogen (secondary N) is 2. The topological polar surface area (TPSA) is 87.3 Å². The molecule has 3 aliphatic rings. The van der Waals surface area contributed by atoms with Crippen molar-refractivity contribution in [1.29, 1.82) is 0 Å². The Balaban J connectivity index is 1.20. The van der Waals surface area contributed by atoms with Crippen molar-refractivity contribution >= 4 is 23.3 Å². The predicted octanol–water partition coefficient (Wildman–Crippen LogP) is 5.45. The second-order valence-electron chi connectivity index (χ2n) is 9.43. The third kappa shape index (κ3) is 4.05. The van der Waals surface area contributed by atoms with Crippen molar-refractivity contribution in [2.45, 2.75) is 56.7 Å². The van der Waals surface area contributed by atoms with Crippen LogP contribution in [0.1, 0.15) is 49.3 Å². The number of carbonyl (C=O) groups is 1. The number of hydrogen-bond donors (Lipinski definition) is 2. The molecule has 7 nitrogen and oxygen atoms in total. The lowest BCUT2D eigenvalue weighted by molar-refractivity contribution is 0.114. The van der Waals surface area contributed by atoms with E-state index in [1.165, 1.54) is 18.6 Å². The smallest absolute Gasteiger partial charge is 0.322 e. The maximum atomic E-state index is 15.1. The highest BCUT2D eigenvalue weighted by Crippen LogP contribution is 2.43. The van der Waals surface area contributed by atoms with E-state index in [4.69, 9.17) is 16.3 Å². The van der Waals surface area contributed by atoms with Crippen molar-refractivity contribution in [2.75, 3.05) is 5.32 Å². The number of nitrogens with zero attached hydrogens (tertiary/aromatic N) is 2. The molecular formula is C26H24ClFN4O3. The first-order valence-electron chi connectivity index (χ1n) is 11.9. The van der Waals surface area contributed by atoms with Crippen LogP contribution in [0.2, 0.25) is 5.02 Å². The third-order valence-electron chi connectivity index (χ3n) is 7.28. The molecule has 1 aromatic carbocycles. The summed E-state index contributed by atoms with van der Waals surface area (Å²) in [5.41, 5.74) is 2.94. The largest absolute Gasteiger partial charge is 0.474 e. The van der Waals surface area contributed by atoms with Crippen LogP contribution >= 0.6 is 11.6 Å². The van der Waals surface area contributed by atoms with Crippen molar-refractivity contribution < 1.29 is 13.9 Å². The highest BCUT2D eigenvalue weighted by molar-refractivity contribution is 6.33. The Bertz CT molecular complexity index is 1360. The van der Waals surface area contributed by atoms with Gasteiger partial charge in [0.05, 0.1) is 16.8 Å². The summed E-state index contributed by atoms with van der Waals surface area (Å²) in [7, 11) is 0. The van der Waals surface area contributed by atoms with Crippen LogP contribution in [0.15, 0.2) is 47.5 Å². The third-order valence-corrected chi connectivity index (χ3v) is 7.60. The molecule has 2 fully saturated rings. The van der Waals surface area contributed by atoms with Crippen LogP contribution < -0.4 is 15.6 Å². The highest BCUT2D eigenvalue weighted by Gasteiger charge is 2.43. The van der Waals surface area contributed by atoms with Gasteiger partial charge in [-0.15, -0.1) is 0 Å². The molecule has 1 aliphatic carbocycles. The summed E-state index contributed by atoms with van der Waals surface area (Å²) in [6, 6.07) is 7.35. The quantitative estimate of drug-likeness (QED) is 0.504. The van der Waals surface area contributed by atoms with Crippen LogP contribution in [0.4, 0.5) is 14.9 Å². The molecule has 2 amide bonds. The molecule has 9 heteroatoms. The van der Waals surface area contributed by atoms with Crippen LogP contribution in [-0.2, 0) is 6.42 Å². The molecule has 0 unspecified atom stereocenters. The van der Waals surface area contributed by atoms with Gasteiger partial charge in [0.15, 0.2) is 0 Å². The van der Waals surface area contributed by atoms with Gasteiger partial charge in [-0.3, -0.25) is 4.79 Å². The lowest BCUT2D eigenvalue weighted by atomic mass is 9.95. The summed E-state index contributed by atoms with van der Waals surface area (Å²) >= 11 is 6.49. The molecule has 2 N–H and O–H groups in total. The second kappa shape index (κ2) is 8.68. The fraction of sp³-hybridized carbons (Fsp3) is 0.346. The number of hydrogen-bond acceptors (Lipinski definition) is 4. The predicted molar refractivity (Wildman–Crippen MR) is 130 cm³/mol. The van der Waals surface area contributed by atoms with Crippen LogP contribution in [0.5, 0.6) is 5.88 Å². The van der Waals surface area contributed by atoms with Gasteiger partial charge >= 0.3 is 6.03 Å². The van der Waals surface area contributed by atoms with Crippen LogP contribution in [0, 0.1) is 5.82 Å². The van der Waals surface area contributed by atoms with Crippen LogP contribution in [0.3, 0.4) is 0 Å². The van der Waals surface area contributed by atoms with Crippen LogP contribution in [0.25, 0.3) is 11.1 Å². The lowest BCUT2D eigenvalue weighted by Gasteiger charge is -2.36. The van der Waals surface area contributed by atoms with Gasteiger partial charge in [-0.2, -0.15) is 0 Å². The molecule has 1 saturated heterocycles. The van der Waals surface area contributed by atoms with Crippen molar-refractivity contribution in [2.24, 2.45) is 0 Å². The zero-order chi connectivity index (χ0) is 24.1. The molecule has 2 aliphatic heterocycles. The SMILES string of the molecule is O=C(Nc1cc(Cl)c(-c2ccc(OC3CCC3)nc2)cc1F)N1[C@H]2CC[C@@H]1c1c[nH]c(=O)cc1C2. The van der Waals surface area contributed by atoms with Gasteiger partial charge in [0.25, 0.3) is 0 Å². The number of ether oxygens (including phenoxy) is 1. The first-order chi connectivity index (χ1) is 17.0. The van der Waals surface area contributed by atoms with E-state index < -0.39 is 5.82 Å². The Morgan fingerprint density at radius 2 is 2.06 bits per heavy atom. The minimum atomic E-state index is -0.582. The normalized spacial score (nSPS) is 20.8. The van der Waals surface area contributed by atoms with E-state index in [9.17, 15) is 9.59 Å². The van der Waals surface area contributed by atoms with Gasteiger partial charge < -0.3 is 19.9 Å². The molecule has 35 heavy (non-hydrogen) atoms. The number of aromatic amines is 1. The average molecular weight is 495 g/mol. The first-order valence-corrected chi connectivity index (χ1v) is 12.3. The number of fused-ring (bicyclic) bond motifs is 4. The zero-order valence-corrected chi connectivity index (χ0v) is 19.6. The number of carbonyl (C=O) groups excluding carboxylic acids is 1. The number of anilines is 1. The minimum Gasteiger partial charge on any atom is -0.474 e. The van der Waals surface area contributed by atoms with Crippen molar-refractivity contribution in [1.82, 2.24) is 14.9 Å². The summed E-state index contributed by atoms with van der Waals surface area (Å²) in [5.74, 6) is -0.0395. The fourth-order valence-corrected chi connectivity index (χ4v) is 5.55. The molecule has 2 atom stereocenters. The van der Waals surface area contributed by atoms with Gasteiger partial charge in [0.2, 0.25) is 11.4 Å². The van der Waals surface area contributed by atoms with Gasteiger partial charge in [-0.25, -0.2) is 14.2 Å². The minimum absolute atomic E-state index is 0.0216. The van der Waals surface area contributed by atoms with E-state index in [1.807, 2.05) is 0 Å². The summed E-state index contributed by atoms with van der Waals surface area (Å²) in [6.45, 7) is 0. The number of pyridine rings is 2. The molecule has 2 bridgehead atoms. The van der Waals surface area contributed by atoms with Gasteiger partial charge in [0.1, 0.15) is 11.9 Å². The Labute approximate surface area is 206 Å². The molecule has 3 aromatic rings. The maximum Gasteiger partial charge on any atom is 0.322 e. The molecule has 4 heterocycles. The van der Waals surface area contributed by atoms with E-state index in [0.29, 0.717) is 28.5 Å². The Morgan fingerprint density at radius 3 is 2.80 bits per heavy atom. The second-order valence-corrected chi connectivity index (χ2v) is 9.84. The van der Waals surface area contributed by atoms with Crippen molar-refractivity contribution in [3.05, 3.63) is 75.0 Å². The number of amides is 2. The average Bonchev–Trinajstić information content (AvgIpc) is 3.14. The highest BCUT2D eigenvalue weighted by atomic mass is 35.5. The van der Waals surface area contributed by atoms with Crippen molar-refractivity contribution in [3.8, 4) is 17.0 Å². The van der Waals surface area contributed by atoms with Gasteiger partial charge in [0, 0.05) is 41.7 Å². The number of rotatable bonds is 4. The summed E-state index contributed by atoms with van der Waals surface area (Å²) in [6.07, 6.45) is 9.02. The van der Waals surface area contributed by atoms with Crippen LogP contribution in [-0.4, -0.2) is 33.0 Å². The number of benzene rings is 1. The van der Waals surface area contributed by atoms with Gasteiger partial charge in [-0.05, 0) is 67.9 Å². The molecule has 6 rings (SSSR count). The Morgan fingerprint density at radius 1 is 1.20 bits per heavy atom. The van der Waals surface area contributed by atoms with Gasteiger partial charge in [-0.1, -0.05) is 11.6 Å². The molecular weight excluding hydrogens is 471 g/mol. The number of halogens is 2. The standard InChI is InChI=1S/C26H24ClFN4O3/c27-20-11-22(21(28)10-18(20)14-4-7-25(30-12-14)35-17-2-1-3-17)31-26(34)32-16-5-6-23(32)19-13-29-24(33)9-15(19)8-16/h4,7,9-13,16-17,23H,1-3,5-6,8H2,(H,29,33)(H,31,34)/t16-,23+/m0/s1. The lowest BCUT2D eigenvalue weighted by Crippen LogP contribution is -2.44. The molecule has 0 spiro atoms. The summed E-state index contributed by atoms with van der Waals surface area (Å²) < 4.78 is 20.8. The van der Waals surface area contributed by atoms with E-state index in [2.05, 4.69) is 15.3 Å². The Hall–Kier alpha value is -3.39. The van der Waals surface area contributed by atoms with Crippen molar-refractivity contribution in [3.63, 3.8) is 0 Å². The number of H-pyrrole nitrogens is 1. The van der Waals surface area contributed by atoms with E-state index >= 15 is 4.39 Å². The Kier molecular flexibility index (Phi) is 5.48. The monoisotopic (exact) mass is 494 g/mol. The van der Waals surface area contributed by atoms with E-state index in [-0.39, 0.29) is 35.5 Å².